The van der Waals surface area contributed by atoms with Gasteiger partial charge in [0.2, 0.25) is 5.91 Å². The van der Waals surface area contributed by atoms with E-state index < -0.39 is 0 Å². The molecule has 0 aromatic carbocycles. The number of hydrogen-bond donors (Lipinski definition) is 1. The Morgan fingerprint density at radius 1 is 1.56 bits per heavy atom. The summed E-state index contributed by atoms with van der Waals surface area (Å²) in [6.45, 7) is 5.76. The lowest BCUT2D eigenvalue weighted by Crippen LogP contribution is -2.50. The molecule has 4 heteroatoms. The maximum absolute atomic E-state index is 12.1. The number of nitrogens with one attached hydrogen (secondary N) is 1. The summed E-state index contributed by atoms with van der Waals surface area (Å²) in [5.74, 6) is -0.931. The van der Waals surface area contributed by atoms with E-state index in [1.807, 2.05) is 13.0 Å². The lowest BCUT2D eigenvalue weighted by atomic mass is 9.70. The zero-order chi connectivity index (χ0) is 13.4. The Kier molecular flexibility index (Phi) is 3.20. The van der Waals surface area contributed by atoms with Crippen LogP contribution in [0.3, 0.4) is 0 Å². The van der Waals surface area contributed by atoms with E-state index in [1.165, 1.54) is 11.9 Å². The van der Waals surface area contributed by atoms with Gasteiger partial charge in [0, 0.05) is 24.3 Å². The van der Waals surface area contributed by atoms with E-state index in [2.05, 4.69) is 6.58 Å². The number of likely N-dealkylation sites (N-methyl/N-ethyl adjacent to an activating group) is 1. The van der Waals surface area contributed by atoms with Crippen LogP contribution in [0.4, 0.5) is 0 Å². The molecule has 0 aromatic heterocycles. The Morgan fingerprint density at radius 3 is 2.83 bits per heavy atom. The van der Waals surface area contributed by atoms with E-state index in [9.17, 15) is 9.59 Å². The Bertz CT molecular complexity index is 476. The molecule has 4 nitrogen and oxygen atoms in total. The van der Waals surface area contributed by atoms with Crippen molar-refractivity contribution in [1.82, 2.24) is 4.90 Å². The molecule has 2 atom stereocenters. The predicted molar refractivity (Wildman–Crippen MR) is 69.2 cm³/mol. The second kappa shape index (κ2) is 4.52. The highest BCUT2D eigenvalue weighted by Crippen LogP contribution is 2.40. The number of allylic oxidation sites excluding steroid dienone is 2. The van der Waals surface area contributed by atoms with Crippen molar-refractivity contribution in [2.24, 2.45) is 11.8 Å². The highest BCUT2D eigenvalue weighted by Gasteiger charge is 2.45. The summed E-state index contributed by atoms with van der Waals surface area (Å²) in [4.78, 5) is 25.3. The molecule has 0 radical (unpaired) electrons. The quantitative estimate of drug-likeness (QED) is 0.459. The molecule has 1 heterocycles. The van der Waals surface area contributed by atoms with Gasteiger partial charge in [0.05, 0.1) is 5.92 Å². The SMILES string of the molecule is C=C1C(=O)N(C)C(=O)C2CCC=C(C(=N)CC)C12. The number of imide groups is 1. The highest BCUT2D eigenvalue weighted by atomic mass is 16.2. The van der Waals surface area contributed by atoms with Crippen molar-refractivity contribution in [2.75, 3.05) is 7.05 Å². The molecule has 0 aromatic rings. The van der Waals surface area contributed by atoms with Crippen molar-refractivity contribution >= 4 is 17.5 Å². The summed E-state index contributed by atoms with van der Waals surface area (Å²) in [7, 11) is 1.51. The maximum Gasteiger partial charge on any atom is 0.256 e. The van der Waals surface area contributed by atoms with Crippen molar-refractivity contribution in [3.8, 4) is 0 Å². The molecule has 1 N–H and O–H groups in total. The van der Waals surface area contributed by atoms with E-state index >= 15 is 0 Å². The topological polar surface area (TPSA) is 61.2 Å². The van der Waals surface area contributed by atoms with Gasteiger partial charge in [-0.25, -0.2) is 0 Å². The van der Waals surface area contributed by atoms with Crippen molar-refractivity contribution < 1.29 is 9.59 Å². The van der Waals surface area contributed by atoms with Crippen LogP contribution in [-0.4, -0.2) is 29.5 Å². The lowest BCUT2D eigenvalue weighted by molar-refractivity contribution is -0.148. The molecule has 0 bridgehead atoms. The van der Waals surface area contributed by atoms with Gasteiger partial charge in [0.25, 0.3) is 5.91 Å². The third kappa shape index (κ3) is 1.72. The van der Waals surface area contributed by atoms with Crippen LogP contribution in [0.25, 0.3) is 0 Å². The summed E-state index contributed by atoms with van der Waals surface area (Å²) in [6, 6.07) is 0. The van der Waals surface area contributed by atoms with Crippen LogP contribution in [-0.2, 0) is 9.59 Å². The molecule has 1 aliphatic carbocycles. The molecule has 2 rings (SSSR count). The Morgan fingerprint density at radius 2 is 2.22 bits per heavy atom. The minimum Gasteiger partial charge on any atom is -0.305 e. The summed E-state index contributed by atoms with van der Waals surface area (Å²) < 4.78 is 0. The number of amides is 2. The number of nitrogens with zero attached hydrogens (tertiary/aromatic N) is 1. The van der Waals surface area contributed by atoms with Gasteiger partial charge in [-0.3, -0.25) is 14.5 Å². The monoisotopic (exact) mass is 246 g/mol. The molecule has 18 heavy (non-hydrogen) atoms. The molecule has 0 saturated carbocycles. The standard InChI is InChI=1S/C14H18N2O2/c1-4-11(15)9-6-5-7-10-12(9)8(2)13(17)16(3)14(10)18/h6,10,12,15H,2,4-5,7H2,1,3H3. The number of hydrogen-bond acceptors (Lipinski definition) is 3. The number of carbonyl (C=O) groups excluding carboxylic acids is 2. The van der Waals surface area contributed by atoms with Gasteiger partial charge in [-0.05, 0) is 24.8 Å². The van der Waals surface area contributed by atoms with Crippen molar-refractivity contribution in [3.05, 3.63) is 23.8 Å². The summed E-state index contributed by atoms with van der Waals surface area (Å²) in [5.41, 5.74) is 1.79. The first-order chi connectivity index (χ1) is 8.49. The molecule has 1 fully saturated rings. The number of piperidine rings is 1. The van der Waals surface area contributed by atoms with Gasteiger partial charge < -0.3 is 5.41 Å². The molecular formula is C14H18N2O2. The smallest absolute Gasteiger partial charge is 0.256 e. The molecule has 1 aliphatic heterocycles. The summed E-state index contributed by atoms with van der Waals surface area (Å²) in [6.07, 6.45) is 4.13. The van der Waals surface area contributed by atoms with E-state index in [1.54, 1.807) is 0 Å². The first-order valence-corrected chi connectivity index (χ1v) is 6.27. The predicted octanol–water partition coefficient (Wildman–Crippen LogP) is 1.92. The minimum absolute atomic E-state index is 0.132. The molecule has 96 valence electrons. The number of fused-ring (bicyclic) bond motifs is 1. The Hall–Kier alpha value is -1.71. The third-order valence-corrected chi connectivity index (χ3v) is 3.88. The fourth-order valence-corrected chi connectivity index (χ4v) is 2.84. The molecular weight excluding hydrogens is 228 g/mol. The average Bonchev–Trinajstić information content (AvgIpc) is 2.40. The van der Waals surface area contributed by atoms with Crippen LogP contribution in [0.5, 0.6) is 0 Å². The van der Waals surface area contributed by atoms with Crippen LogP contribution in [0.2, 0.25) is 0 Å². The van der Waals surface area contributed by atoms with Crippen molar-refractivity contribution in [2.45, 2.75) is 26.2 Å². The summed E-state index contributed by atoms with van der Waals surface area (Å²) in [5, 5.41) is 7.98. The number of rotatable bonds is 2. The van der Waals surface area contributed by atoms with Crippen LogP contribution < -0.4 is 0 Å². The number of likely N-dealkylation sites (tertiary alicyclic amines) is 1. The second-order valence-electron chi connectivity index (χ2n) is 4.88. The van der Waals surface area contributed by atoms with Gasteiger partial charge in [-0.15, -0.1) is 0 Å². The zero-order valence-electron chi connectivity index (χ0n) is 10.8. The van der Waals surface area contributed by atoms with Crippen LogP contribution in [0.1, 0.15) is 26.2 Å². The van der Waals surface area contributed by atoms with Gasteiger partial charge in [-0.1, -0.05) is 19.6 Å². The van der Waals surface area contributed by atoms with Crippen LogP contribution >= 0.6 is 0 Å². The summed E-state index contributed by atoms with van der Waals surface area (Å²) >= 11 is 0. The van der Waals surface area contributed by atoms with E-state index in [0.717, 1.165) is 18.4 Å². The molecule has 1 saturated heterocycles. The highest BCUT2D eigenvalue weighted by molar-refractivity contribution is 6.11. The van der Waals surface area contributed by atoms with E-state index in [-0.39, 0.29) is 23.7 Å². The fraction of sp³-hybridized carbons (Fsp3) is 0.500. The largest absolute Gasteiger partial charge is 0.305 e. The minimum atomic E-state index is -0.307. The molecule has 2 amide bonds. The normalized spacial score (nSPS) is 28.0. The van der Waals surface area contributed by atoms with Crippen molar-refractivity contribution in [3.63, 3.8) is 0 Å². The molecule has 2 aliphatic rings. The lowest BCUT2D eigenvalue weighted by Gasteiger charge is -2.39. The first kappa shape index (κ1) is 12.7. The van der Waals surface area contributed by atoms with Crippen LogP contribution in [0.15, 0.2) is 23.8 Å². The van der Waals surface area contributed by atoms with Gasteiger partial charge >= 0.3 is 0 Å². The van der Waals surface area contributed by atoms with Gasteiger partial charge in [0.15, 0.2) is 0 Å². The molecule has 2 unspecified atom stereocenters. The van der Waals surface area contributed by atoms with Crippen molar-refractivity contribution in [1.29, 1.82) is 5.41 Å². The zero-order valence-corrected chi connectivity index (χ0v) is 10.8. The number of carbonyl (C=O) groups is 2. The van der Waals surface area contributed by atoms with Gasteiger partial charge in [0.1, 0.15) is 0 Å². The molecule has 0 spiro atoms. The average molecular weight is 246 g/mol. The Labute approximate surface area is 107 Å². The fourth-order valence-electron chi connectivity index (χ4n) is 2.84. The maximum atomic E-state index is 12.1. The third-order valence-electron chi connectivity index (χ3n) is 3.88. The van der Waals surface area contributed by atoms with E-state index in [4.69, 9.17) is 5.41 Å². The van der Waals surface area contributed by atoms with E-state index in [0.29, 0.717) is 17.7 Å². The van der Waals surface area contributed by atoms with Gasteiger partial charge in [-0.2, -0.15) is 0 Å². The van der Waals surface area contributed by atoms with Crippen LogP contribution in [0, 0.1) is 17.2 Å². The Balaban J connectivity index is 2.43. The second-order valence-corrected chi connectivity index (χ2v) is 4.88. The first-order valence-electron chi connectivity index (χ1n) is 6.27.